The highest BCUT2D eigenvalue weighted by molar-refractivity contribution is 5.93. The van der Waals surface area contributed by atoms with Crippen LogP contribution in [0.15, 0.2) is 42.7 Å². The molecular weight excluding hydrogens is 282 g/mol. The van der Waals surface area contributed by atoms with E-state index in [1.54, 1.807) is 24.9 Å². The van der Waals surface area contributed by atoms with Crippen LogP contribution in [0, 0.1) is 5.92 Å². The summed E-state index contributed by atoms with van der Waals surface area (Å²) in [5.41, 5.74) is 1.55. The van der Waals surface area contributed by atoms with Gasteiger partial charge in [-0.2, -0.15) is 5.10 Å². The van der Waals surface area contributed by atoms with E-state index >= 15 is 0 Å². The first kappa shape index (κ1) is 15.8. The average Bonchev–Trinajstić information content (AvgIpc) is 2.95. The summed E-state index contributed by atoms with van der Waals surface area (Å²) < 4.78 is 1.69. The van der Waals surface area contributed by atoms with Crippen LogP contribution in [0.1, 0.15) is 22.8 Å². The zero-order chi connectivity index (χ0) is 16.1. The second-order valence-corrected chi connectivity index (χ2v) is 5.34. The molecule has 1 N–H and O–H groups in total. The number of rotatable bonds is 6. The first-order valence-electron chi connectivity index (χ1n) is 7.02. The number of carbonyl (C=O) groups is 2. The third kappa shape index (κ3) is 3.94. The minimum absolute atomic E-state index is 0.165. The lowest BCUT2D eigenvalue weighted by molar-refractivity contribution is -0.141. The fourth-order valence-corrected chi connectivity index (χ4v) is 2.12. The average molecular weight is 301 g/mol. The van der Waals surface area contributed by atoms with Gasteiger partial charge in [-0.15, -0.1) is 0 Å². The van der Waals surface area contributed by atoms with Gasteiger partial charge < -0.3 is 10.0 Å². The van der Waals surface area contributed by atoms with E-state index < -0.39 is 11.9 Å². The molecule has 2 rings (SSSR count). The summed E-state index contributed by atoms with van der Waals surface area (Å²) in [4.78, 5) is 24.5. The number of benzene rings is 1. The van der Waals surface area contributed by atoms with Crippen molar-refractivity contribution >= 4 is 11.9 Å². The zero-order valence-electron chi connectivity index (χ0n) is 12.6. The first-order chi connectivity index (χ1) is 10.5. The molecule has 2 aromatic rings. The molecule has 0 saturated heterocycles. The normalized spacial score (nSPS) is 11.9. The molecule has 1 atom stereocenters. The van der Waals surface area contributed by atoms with Crippen molar-refractivity contribution in [1.82, 2.24) is 14.7 Å². The van der Waals surface area contributed by atoms with Crippen molar-refractivity contribution in [3.05, 3.63) is 53.9 Å². The lowest BCUT2D eigenvalue weighted by atomic mass is 10.1. The molecule has 1 amide bonds. The Labute approximate surface area is 129 Å². The van der Waals surface area contributed by atoms with E-state index in [4.69, 9.17) is 5.11 Å². The Bertz CT molecular complexity index is 652. The highest BCUT2D eigenvalue weighted by Gasteiger charge is 2.19. The van der Waals surface area contributed by atoms with Crippen LogP contribution in [0.3, 0.4) is 0 Å². The van der Waals surface area contributed by atoms with Crippen LogP contribution in [-0.2, 0) is 11.3 Å². The number of nitrogens with zero attached hydrogens (tertiary/aromatic N) is 3. The molecule has 0 aliphatic carbocycles. The van der Waals surface area contributed by atoms with E-state index in [9.17, 15) is 9.59 Å². The summed E-state index contributed by atoms with van der Waals surface area (Å²) in [6.45, 7) is 2.33. The van der Waals surface area contributed by atoms with Gasteiger partial charge in [0.25, 0.3) is 5.91 Å². The van der Waals surface area contributed by atoms with Crippen LogP contribution in [0.2, 0.25) is 0 Å². The summed E-state index contributed by atoms with van der Waals surface area (Å²) in [5, 5.41) is 13.1. The molecule has 1 aromatic carbocycles. The summed E-state index contributed by atoms with van der Waals surface area (Å²) in [5.74, 6) is -1.75. The third-order valence-corrected chi connectivity index (χ3v) is 3.38. The van der Waals surface area contributed by atoms with E-state index in [1.807, 2.05) is 30.3 Å². The van der Waals surface area contributed by atoms with Gasteiger partial charge in [0.15, 0.2) is 0 Å². The number of aromatic nitrogens is 2. The topological polar surface area (TPSA) is 75.4 Å². The molecule has 0 aliphatic heterocycles. The number of carbonyl (C=O) groups excluding carboxylic acids is 1. The molecule has 0 fully saturated rings. The standard InChI is InChI=1S/C16H19N3O3/c1-12(16(21)22)9-18(2)15(20)14-8-17-19(11-14)10-13-6-4-3-5-7-13/h3-8,11-12H,9-10H2,1-2H3,(H,21,22). The van der Waals surface area contributed by atoms with Crippen LogP contribution in [0.25, 0.3) is 0 Å². The lowest BCUT2D eigenvalue weighted by Gasteiger charge is -2.18. The van der Waals surface area contributed by atoms with Crippen LogP contribution < -0.4 is 0 Å². The maximum atomic E-state index is 12.2. The summed E-state index contributed by atoms with van der Waals surface area (Å²) in [6.07, 6.45) is 3.18. The Morgan fingerprint density at radius 1 is 1.32 bits per heavy atom. The van der Waals surface area contributed by atoms with Crippen molar-refractivity contribution < 1.29 is 14.7 Å². The minimum Gasteiger partial charge on any atom is -0.481 e. The molecule has 1 aromatic heterocycles. The maximum Gasteiger partial charge on any atom is 0.308 e. The van der Waals surface area contributed by atoms with Crippen molar-refractivity contribution in [2.24, 2.45) is 5.92 Å². The van der Waals surface area contributed by atoms with Gasteiger partial charge in [-0.25, -0.2) is 0 Å². The summed E-state index contributed by atoms with van der Waals surface area (Å²) in [7, 11) is 1.59. The van der Waals surface area contributed by atoms with Gasteiger partial charge in [-0.05, 0) is 5.56 Å². The van der Waals surface area contributed by atoms with Crippen LogP contribution in [0.4, 0.5) is 0 Å². The number of hydrogen-bond acceptors (Lipinski definition) is 3. The molecule has 6 nitrogen and oxygen atoms in total. The molecule has 0 saturated carbocycles. The highest BCUT2D eigenvalue weighted by atomic mass is 16.4. The first-order valence-corrected chi connectivity index (χ1v) is 7.02. The Hall–Kier alpha value is -2.63. The zero-order valence-corrected chi connectivity index (χ0v) is 12.6. The monoisotopic (exact) mass is 301 g/mol. The molecule has 0 aliphatic rings. The Morgan fingerprint density at radius 2 is 2.00 bits per heavy atom. The van der Waals surface area contributed by atoms with Crippen LogP contribution in [-0.4, -0.2) is 45.3 Å². The van der Waals surface area contributed by atoms with Crippen LogP contribution >= 0.6 is 0 Å². The van der Waals surface area contributed by atoms with Crippen molar-refractivity contribution in [1.29, 1.82) is 0 Å². The predicted octanol–water partition coefficient (Wildman–Crippen LogP) is 1.72. The van der Waals surface area contributed by atoms with Gasteiger partial charge in [0.2, 0.25) is 0 Å². The lowest BCUT2D eigenvalue weighted by Crippen LogP contribution is -2.33. The molecule has 6 heteroatoms. The van der Waals surface area contributed by atoms with Crippen molar-refractivity contribution in [3.8, 4) is 0 Å². The highest BCUT2D eigenvalue weighted by Crippen LogP contribution is 2.08. The van der Waals surface area contributed by atoms with Gasteiger partial charge in [0, 0.05) is 19.8 Å². The summed E-state index contributed by atoms with van der Waals surface area (Å²) >= 11 is 0. The number of aliphatic carboxylic acids is 1. The fraction of sp³-hybridized carbons (Fsp3) is 0.312. The third-order valence-electron chi connectivity index (χ3n) is 3.38. The SMILES string of the molecule is CC(CN(C)C(=O)c1cnn(Cc2ccccc2)c1)C(=O)O. The molecule has 0 bridgehead atoms. The number of hydrogen-bond donors (Lipinski definition) is 1. The van der Waals surface area contributed by atoms with E-state index in [-0.39, 0.29) is 12.5 Å². The van der Waals surface area contributed by atoms with Crippen molar-refractivity contribution in [2.45, 2.75) is 13.5 Å². The quantitative estimate of drug-likeness (QED) is 0.881. The molecule has 0 spiro atoms. The smallest absolute Gasteiger partial charge is 0.308 e. The minimum atomic E-state index is -0.917. The van der Waals surface area contributed by atoms with Gasteiger partial charge in [0.1, 0.15) is 0 Å². The van der Waals surface area contributed by atoms with Gasteiger partial charge in [-0.1, -0.05) is 37.3 Å². The van der Waals surface area contributed by atoms with Gasteiger partial charge in [-0.3, -0.25) is 14.3 Å². The van der Waals surface area contributed by atoms with E-state index in [1.165, 1.54) is 11.1 Å². The van der Waals surface area contributed by atoms with Crippen LogP contribution in [0.5, 0.6) is 0 Å². The van der Waals surface area contributed by atoms with E-state index in [0.29, 0.717) is 12.1 Å². The molecule has 22 heavy (non-hydrogen) atoms. The molecule has 1 heterocycles. The Morgan fingerprint density at radius 3 is 2.64 bits per heavy atom. The summed E-state index contributed by atoms with van der Waals surface area (Å²) in [6, 6.07) is 9.83. The van der Waals surface area contributed by atoms with Crippen molar-refractivity contribution in [3.63, 3.8) is 0 Å². The number of amides is 1. The van der Waals surface area contributed by atoms with Crippen molar-refractivity contribution in [2.75, 3.05) is 13.6 Å². The molecule has 116 valence electrons. The largest absolute Gasteiger partial charge is 0.481 e. The fourth-order valence-electron chi connectivity index (χ4n) is 2.12. The van der Waals surface area contributed by atoms with Gasteiger partial charge >= 0.3 is 5.97 Å². The van der Waals surface area contributed by atoms with E-state index in [0.717, 1.165) is 5.56 Å². The predicted molar refractivity (Wildman–Crippen MR) is 81.5 cm³/mol. The number of carboxylic acids is 1. The molecular formula is C16H19N3O3. The van der Waals surface area contributed by atoms with E-state index in [2.05, 4.69) is 5.10 Å². The second-order valence-electron chi connectivity index (χ2n) is 5.34. The molecule has 1 unspecified atom stereocenters. The number of carboxylic acid groups (broad SMARTS) is 1. The maximum absolute atomic E-state index is 12.2. The second kappa shape index (κ2) is 6.89. The Balaban J connectivity index is 2.01. The Kier molecular flexibility index (Phi) is 4.93. The van der Waals surface area contributed by atoms with Gasteiger partial charge in [0.05, 0.1) is 24.2 Å². The molecule has 0 radical (unpaired) electrons.